The average Bonchev–Trinajstić information content (AvgIpc) is 3.09. The minimum Gasteiger partial charge on any atom is -0.364 e. The third-order valence-corrected chi connectivity index (χ3v) is 5.18. The van der Waals surface area contributed by atoms with Crippen LogP contribution in [-0.2, 0) is 6.54 Å². The minimum atomic E-state index is -0.556. The second kappa shape index (κ2) is 7.83. The molecule has 150 valence electrons. The first-order valence-electron chi connectivity index (χ1n) is 9.65. The summed E-state index contributed by atoms with van der Waals surface area (Å²) in [5, 5.41) is 8.07. The Bertz CT molecular complexity index is 1270. The molecule has 0 saturated carbocycles. The van der Waals surface area contributed by atoms with Crippen molar-refractivity contribution in [1.29, 1.82) is 0 Å². The molecule has 0 saturated heterocycles. The maximum absolute atomic E-state index is 12.6. The van der Waals surface area contributed by atoms with E-state index in [-0.39, 0.29) is 11.6 Å². The monoisotopic (exact) mass is 398 g/mol. The van der Waals surface area contributed by atoms with Gasteiger partial charge in [-0.2, -0.15) is 5.10 Å². The lowest BCUT2D eigenvalue weighted by atomic mass is 10.1. The number of aryl methyl sites for hydroxylation is 2. The lowest BCUT2D eigenvalue weighted by Crippen LogP contribution is -2.13. The highest BCUT2D eigenvalue weighted by atomic mass is 16.2. The molecular weight excluding hydrogens is 376 g/mol. The van der Waals surface area contributed by atoms with Gasteiger partial charge in [-0.25, -0.2) is 0 Å². The van der Waals surface area contributed by atoms with E-state index in [2.05, 4.69) is 10.4 Å². The molecule has 3 aromatic carbocycles. The molecule has 0 fully saturated rings. The van der Waals surface area contributed by atoms with Gasteiger partial charge in [-0.15, -0.1) is 0 Å². The summed E-state index contributed by atoms with van der Waals surface area (Å²) in [5.41, 5.74) is 11.0. The summed E-state index contributed by atoms with van der Waals surface area (Å²) < 4.78 is 1.75. The molecule has 4 aromatic rings. The smallest absolute Gasteiger partial charge is 0.269 e. The molecule has 6 nitrogen and oxygen atoms in total. The molecule has 0 aliphatic rings. The van der Waals surface area contributed by atoms with E-state index in [4.69, 9.17) is 5.73 Å². The van der Waals surface area contributed by atoms with Crippen molar-refractivity contribution in [3.05, 3.63) is 94.7 Å². The lowest BCUT2D eigenvalue weighted by Gasteiger charge is -2.09. The van der Waals surface area contributed by atoms with Gasteiger partial charge in [0.05, 0.1) is 12.1 Å². The van der Waals surface area contributed by atoms with Gasteiger partial charge in [0, 0.05) is 16.6 Å². The Kier molecular flexibility index (Phi) is 5.06. The molecule has 0 spiro atoms. The number of aromatic nitrogens is 2. The molecule has 0 unspecified atom stereocenters. The largest absolute Gasteiger partial charge is 0.364 e. The van der Waals surface area contributed by atoms with Crippen molar-refractivity contribution in [2.45, 2.75) is 20.4 Å². The van der Waals surface area contributed by atoms with E-state index >= 15 is 0 Å². The molecule has 4 rings (SSSR count). The molecule has 0 bridgehead atoms. The highest BCUT2D eigenvalue weighted by Crippen LogP contribution is 2.21. The van der Waals surface area contributed by atoms with Crippen LogP contribution in [0.5, 0.6) is 0 Å². The second-order valence-electron chi connectivity index (χ2n) is 7.34. The van der Waals surface area contributed by atoms with Crippen molar-refractivity contribution >= 4 is 28.4 Å². The summed E-state index contributed by atoms with van der Waals surface area (Å²) in [6.45, 7) is 4.45. The first-order chi connectivity index (χ1) is 14.4. The predicted molar refractivity (Wildman–Crippen MR) is 118 cm³/mol. The van der Waals surface area contributed by atoms with Crippen LogP contribution in [0.25, 0.3) is 10.9 Å². The van der Waals surface area contributed by atoms with E-state index < -0.39 is 5.91 Å². The van der Waals surface area contributed by atoms with Crippen molar-refractivity contribution < 1.29 is 9.59 Å². The number of carbonyl (C=O) groups excluding carboxylic acids is 2. The summed E-state index contributed by atoms with van der Waals surface area (Å²) in [4.78, 5) is 24.4. The maximum atomic E-state index is 12.6. The van der Waals surface area contributed by atoms with Crippen LogP contribution < -0.4 is 11.1 Å². The Balaban J connectivity index is 1.58. The van der Waals surface area contributed by atoms with Crippen molar-refractivity contribution in [2.24, 2.45) is 5.73 Å². The fraction of sp³-hybridized carbons (Fsp3) is 0.125. The topological polar surface area (TPSA) is 90.0 Å². The Morgan fingerprint density at radius 3 is 2.53 bits per heavy atom. The highest BCUT2D eigenvalue weighted by Gasteiger charge is 2.15. The number of fused-ring (bicyclic) bond motifs is 1. The van der Waals surface area contributed by atoms with E-state index in [1.54, 1.807) is 4.68 Å². The van der Waals surface area contributed by atoms with Gasteiger partial charge in [0.25, 0.3) is 11.8 Å². The highest BCUT2D eigenvalue weighted by molar-refractivity contribution is 6.05. The molecular formula is C24H22N4O2. The van der Waals surface area contributed by atoms with Gasteiger partial charge in [0.15, 0.2) is 5.69 Å². The second-order valence-corrected chi connectivity index (χ2v) is 7.34. The quantitative estimate of drug-likeness (QED) is 0.531. The van der Waals surface area contributed by atoms with E-state index in [1.165, 1.54) is 0 Å². The molecule has 0 aliphatic heterocycles. The maximum Gasteiger partial charge on any atom is 0.269 e. The number of carbonyl (C=O) groups is 2. The molecule has 1 aromatic heterocycles. The Morgan fingerprint density at radius 2 is 1.77 bits per heavy atom. The molecule has 0 atom stereocenters. The SMILES string of the molecule is Cc1ccc(C(=O)Nc2cccc(Cn3nc(C(N)=O)c4ccccc43)c2)cc1C. The fourth-order valence-electron chi connectivity index (χ4n) is 3.44. The molecule has 6 heteroatoms. The Morgan fingerprint density at radius 1 is 0.967 bits per heavy atom. The number of anilines is 1. The number of nitrogens with one attached hydrogen (secondary N) is 1. The normalized spacial score (nSPS) is 10.9. The lowest BCUT2D eigenvalue weighted by molar-refractivity contribution is 0.0994. The number of nitrogens with two attached hydrogens (primary N) is 1. The molecule has 30 heavy (non-hydrogen) atoms. The van der Waals surface area contributed by atoms with E-state index in [0.29, 0.717) is 17.8 Å². The first kappa shape index (κ1) is 19.4. The number of benzene rings is 3. The standard InChI is InChI=1S/C24H22N4O2/c1-15-10-11-18(12-16(15)2)24(30)26-19-7-5-6-17(13-19)14-28-21-9-4-3-8-20(21)22(27-28)23(25)29/h3-13H,14H2,1-2H3,(H2,25,29)(H,26,30). The van der Waals surface area contributed by atoms with Gasteiger partial charge in [0.2, 0.25) is 0 Å². The van der Waals surface area contributed by atoms with E-state index in [1.807, 2.05) is 80.6 Å². The van der Waals surface area contributed by atoms with Crippen LogP contribution in [0.3, 0.4) is 0 Å². The Labute approximate surface area is 174 Å². The zero-order valence-corrected chi connectivity index (χ0v) is 16.8. The number of hydrogen-bond acceptors (Lipinski definition) is 3. The average molecular weight is 398 g/mol. The van der Waals surface area contributed by atoms with Crippen molar-refractivity contribution in [3.8, 4) is 0 Å². The number of rotatable bonds is 5. The van der Waals surface area contributed by atoms with Crippen LogP contribution >= 0.6 is 0 Å². The predicted octanol–water partition coefficient (Wildman–Crippen LogP) is 4.05. The Hall–Kier alpha value is -3.93. The first-order valence-corrected chi connectivity index (χ1v) is 9.65. The third-order valence-electron chi connectivity index (χ3n) is 5.18. The van der Waals surface area contributed by atoms with Crippen LogP contribution in [0.15, 0.2) is 66.7 Å². The number of primary amides is 1. The summed E-state index contributed by atoms with van der Waals surface area (Å²) in [6.07, 6.45) is 0. The number of nitrogens with zero attached hydrogens (tertiary/aromatic N) is 2. The van der Waals surface area contributed by atoms with Crippen molar-refractivity contribution in [1.82, 2.24) is 9.78 Å². The van der Waals surface area contributed by atoms with Crippen LogP contribution in [0.4, 0.5) is 5.69 Å². The van der Waals surface area contributed by atoms with Gasteiger partial charge in [-0.1, -0.05) is 36.4 Å². The van der Waals surface area contributed by atoms with Crippen LogP contribution in [0.2, 0.25) is 0 Å². The minimum absolute atomic E-state index is 0.157. The zero-order chi connectivity index (χ0) is 21.3. The molecule has 0 radical (unpaired) electrons. The molecule has 3 N–H and O–H groups in total. The van der Waals surface area contributed by atoms with Crippen molar-refractivity contribution in [3.63, 3.8) is 0 Å². The zero-order valence-electron chi connectivity index (χ0n) is 16.8. The van der Waals surface area contributed by atoms with Crippen molar-refractivity contribution in [2.75, 3.05) is 5.32 Å². The van der Waals surface area contributed by atoms with Gasteiger partial charge in [-0.3, -0.25) is 14.3 Å². The van der Waals surface area contributed by atoms with E-state index in [9.17, 15) is 9.59 Å². The van der Waals surface area contributed by atoms with Gasteiger partial charge in [0.1, 0.15) is 0 Å². The van der Waals surface area contributed by atoms with E-state index in [0.717, 1.165) is 27.6 Å². The van der Waals surface area contributed by atoms with Gasteiger partial charge in [-0.05, 0) is 60.9 Å². The van der Waals surface area contributed by atoms with Gasteiger partial charge < -0.3 is 11.1 Å². The summed E-state index contributed by atoms with van der Waals surface area (Å²) in [6, 6.07) is 20.7. The molecule has 2 amide bonds. The summed E-state index contributed by atoms with van der Waals surface area (Å²) in [7, 11) is 0. The fourth-order valence-corrected chi connectivity index (χ4v) is 3.44. The summed E-state index contributed by atoms with van der Waals surface area (Å²) in [5.74, 6) is -0.713. The third kappa shape index (κ3) is 3.80. The molecule has 1 heterocycles. The number of hydrogen-bond donors (Lipinski definition) is 2. The summed E-state index contributed by atoms with van der Waals surface area (Å²) >= 11 is 0. The van der Waals surface area contributed by atoms with Gasteiger partial charge >= 0.3 is 0 Å². The number of amides is 2. The number of para-hydroxylation sites is 1. The molecule has 0 aliphatic carbocycles. The van der Waals surface area contributed by atoms with Crippen LogP contribution in [0.1, 0.15) is 37.5 Å². The van der Waals surface area contributed by atoms with Crippen LogP contribution in [0, 0.1) is 13.8 Å². The van der Waals surface area contributed by atoms with Crippen LogP contribution in [-0.4, -0.2) is 21.6 Å².